The molecule has 1 aromatic rings. The van der Waals surface area contributed by atoms with Gasteiger partial charge in [0.05, 0.1) is 11.5 Å². The number of benzene rings is 1. The number of aliphatic hydroxyl groups is 1. The number of rotatable bonds is 4. The van der Waals surface area contributed by atoms with Crippen molar-refractivity contribution in [1.29, 1.82) is 0 Å². The second-order valence-corrected chi connectivity index (χ2v) is 10.3. The monoisotopic (exact) mass is 470 g/mol. The van der Waals surface area contributed by atoms with Crippen LogP contribution in [0.1, 0.15) is 61.0 Å². The highest BCUT2D eigenvalue weighted by molar-refractivity contribution is 6.32. The molecule has 0 spiro atoms. The van der Waals surface area contributed by atoms with Crippen LogP contribution in [0.3, 0.4) is 0 Å². The summed E-state index contributed by atoms with van der Waals surface area (Å²) in [5, 5.41) is 22.1. The van der Waals surface area contributed by atoms with Crippen molar-refractivity contribution in [1.82, 2.24) is 0 Å². The Labute approximate surface area is 196 Å². The maximum absolute atomic E-state index is 13.9. The van der Waals surface area contributed by atoms with E-state index < -0.39 is 63.7 Å². The van der Waals surface area contributed by atoms with Crippen molar-refractivity contribution in [2.24, 2.45) is 40.6 Å². The van der Waals surface area contributed by atoms with Crippen molar-refractivity contribution >= 4 is 29.0 Å². The summed E-state index contributed by atoms with van der Waals surface area (Å²) in [4.78, 5) is 65.9. The number of ketones is 4. The standard InChI is InChI=1S/C25H30N2O7/c1-4-11-14-8-24(9-26)7-13-12(10(2)3)5-6-15(28)16(13)20(30)18(24)22(32)25(14,34)21(31)17(19(11)29)23(27)33/h5-6,10-11,14,17-18,28,34H,4,7-9,26H2,1-3H3,(H2,27,33). The Bertz CT molecular complexity index is 1140. The summed E-state index contributed by atoms with van der Waals surface area (Å²) in [5.74, 6) is -10.8. The van der Waals surface area contributed by atoms with Crippen LogP contribution in [0, 0.1) is 29.1 Å². The molecule has 0 radical (unpaired) electrons. The van der Waals surface area contributed by atoms with Crippen molar-refractivity contribution in [3.63, 3.8) is 0 Å². The van der Waals surface area contributed by atoms with E-state index in [1.165, 1.54) is 6.07 Å². The normalized spacial score (nSPS) is 35.1. The quantitative estimate of drug-likeness (QED) is 0.457. The first-order chi connectivity index (χ1) is 15.9. The summed E-state index contributed by atoms with van der Waals surface area (Å²) < 4.78 is 0. The first-order valence-corrected chi connectivity index (χ1v) is 11.6. The number of hydrogen-bond donors (Lipinski definition) is 4. The molecule has 1 amide bonds. The summed E-state index contributed by atoms with van der Waals surface area (Å²) in [7, 11) is 0. The molecule has 0 heterocycles. The molecule has 9 nitrogen and oxygen atoms in total. The maximum Gasteiger partial charge on any atom is 0.235 e. The second-order valence-electron chi connectivity index (χ2n) is 10.3. The Hall–Kier alpha value is -2.91. The number of fused-ring (bicyclic) bond motifs is 3. The molecule has 3 aliphatic rings. The molecule has 0 saturated heterocycles. The van der Waals surface area contributed by atoms with Gasteiger partial charge in [0.1, 0.15) is 5.75 Å². The smallest absolute Gasteiger partial charge is 0.235 e. The van der Waals surface area contributed by atoms with Gasteiger partial charge < -0.3 is 21.7 Å². The van der Waals surface area contributed by atoms with E-state index in [2.05, 4.69) is 0 Å². The lowest BCUT2D eigenvalue weighted by Crippen LogP contribution is -2.73. The summed E-state index contributed by atoms with van der Waals surface area (Å²) >= 11 is 0. The van der Waals surface area contributed by atoms with E-state index in [4.69, 9.17) is 11.5 Å². The van der Waals surface area contributed by atoms with Crippen molar-refractivity contribution in [3.8, 4) is 5.75 Å². The van der Waals surface area contributed by atoms with Gasteiger partial charge in [-0.25, -0.2) is 0 Å². The summed E-state index contributed by atoms with van der Waals surface area (Å²) in [5.41, 5.74) is 9.06. The van der Waals surface area contributed by atoms with Crippen molar-refractivity contribution < 1.29 is 34.2 Å². The number of Topliss-reactive ketones (excluding diaryl/α,β-unsaturated/α-hetero) is 4. The van der Waals surface area contributed by atoms with Crippen molar-refractivity contribution in [2.75, 3.05) is 6.54 Å². The average Bonchev–Trinajstić information content (AvgIpc) is 2.76. The number of nitrogens with two attached hydrogens (primary N) is 2. The van der Waals surface area contributed by atoms with E-state index in [-0.39, 0.29) is 43.0 Å². The van der Waals surface area contributed by atoms with Gasteiger partial charge in [0.25, 0.3) is 0 Å². The molecule has 3 aliphatic carbocycles. The van der Waals surface area contributed by atoms with Crippen LogP contribution in [-0.2, 0) is 25.6 Å². The van der Waals surface area contributed by atoms with Crippen LogP contribution in [0.5, 0.6) is 5.75 Å². The molecule has 34 heavy (non-hydrogen) atoms. The molecule has 0 aliphatic heterocycles. The molecule has 6 unspecified atom stereocenters. The number of amides is 1. The van der Waals surface area contributed by atoms with E-state index in [0.717, 1.165) is 5.56 Å². The van der Waals surface area contributed by atoms with E-state index in [1.807, 2.05) is 13.8 Å². The molecule has 4 rings (SSSR count). The highest BCUT2D eigenvalue weighted by atomic mass is 16.3. The number of carbonyl (C=O) groups is 5. The van der Waals surface area contributed by atoms with Gasteiger partial charge in [-0.3, -0.25) is 24.0 Å². The predicted molar refractivity (Wildman–Crippen MR) is 120 cm³/mol. The fourth-order valence-corrected chi connectivity index (χ4v) is 6.64. The molecule has 6 atom stereocenters. The highest BCUT2D eigenvalue weighted by Gasteiger charge is 2.71. The zero-order chi connectivity index (χ0) is 25.3. The Morgan fingerprint density at radius 1 is 1.18 bits per heavy atom. The van der Waals surface area contributed by atoms with E-state index in [1.54, 1.807) is 13.0 Å². The van der Waals surface area contributed by atoms with Crippen LogP contribution in [-0.4, -0.2) is 51.4 Å². The number of aromatic hydroxyl groups is 1. The van der Waals surface area contributed by atoms with Crippen LogP contribution in [0.15, 0.2) is 12.1 Å². The van der Waals surface area contributed by atoms with Gasteiger partial charge in [-0.05, 0) is 48.9 Å². The number of hydrogen-bond acceptors (Lipinski definition) is 8. The summed E-state index contributed by atoms with van der Waals surface area (Å²) in [6.45, 7) is 5.45. The zero-order valence-electron chi connectivity index (χ0n) is 19.5. The SMILES string of the molecule is CCC1C(=O)C(C(N)=O)C(=O)C2(O)C(=O)C3C(=O)c4c(O)ccc(C(C)C)c4CC3(CN)CC12. The lowest BCUT2D eigenvalue weighted by molar-refractivity contribution is -0.185. The molecule has 0 bridgehead atoms. The minimum Gasteiger partial charge on any atom is -0.507 e. The highest BCUT2D eigenvalue weighted by Crippen LogP contribution is 2.57. The molecular weight excluding hydrogens is 440 g/mol. The van der Waals surface area contributed by atoms with Gasteiger partial charge in [-0.2, -0.15) is 0 Å². The lowest BCUT2D eigenvalue weighted by atomic mass is 9.45. The average molecular weight is 471 g/mol. The zero-order valence-corrected chi connectivity index (χ0v) is 19.5. The molecule has 6 N–H and O–H groups in total. The van der Waals surface area contributed by atoms with Gasteiger partial charge in [0.2, 0.25) is 5.91 Å². The molecule has 0 aromatic heterocycles. The lowest BCUT2D eigenvalue weighted by Gasteiger charge is -2.56. The Kier molecular flexibility index (Phi) is 5.57. The van der Waals surface area contributed by atoms with Gasteiger partial charge in [0, 0.05) is 17.3 Å². The minimum atomic E-state index is -2.71. The third-order valence-electron chi connectivity index (χ3n) is 8.30. The molecule has 2 fully saturated rings. The Morgan fingerprint density at radius 3 is 2.35 bits per heavy atom. The number of carbonyl (C=O) groups excluding carboxylic acids is 5. The van der Waals surface area contributed by atoms with Gasteiger partial charge in [0.15, 0.2) is 34.7 Å². The predicted octanol–water partition coefficient (Wildman–Crippen LogP) is 0.415. The first kappa shape index (κ1) is 24.2. The van der Waals surface area contributed by atoms with Crippen LogP contribution in [0.4, 0.5) is 0 Å². The third kappa shape index (κ3) is 2.89. The van der Waals surface area contributed by atoms with E-state index in [0.29, 0.717) is 5.56 Å². The van der Waals surface area contributed by atoms with Crippen molar-refractivity contribution in [3.05, 3.63) is 28.8 Å². The van der Waals surface area contributed by atoms with Gasteiger partial charge >= 0.3 is 0 Å². The van der Waals surface area contributed by atoms with Crippen LogP contribution < -0.4 is 11.5 Å². The number of phenolic OH excluding ortho intramolecular Hbond substituents is 1. The Balaban J connectivity index is 1.96. The van der Waals surface area contributed by atoms with Crippen molar-refractivity contribution in [2.45, 2.75) is 51.6 Å². The number of phenols is 1. The van der Waals surface area contributed by atoms with E-state index >= 15 is 0 Å². The second kappa shape index (κ2) is 7.81. The first-order valence-electron chi connectivity index (χ1n) is 11.6. The topological polar surface area (TPSA) is 178 Å². The summed E-state index contributed by atoms with van der Waals surface area (Å²) in [6.07, 6.45) is 0.313. The van der Waals surface area contributed by atoms with Gasteiger partial charge in [-0.15, -0.1) is 0 Å². The van der Waals surface area contributed by atoms with E-state index in [9.17, 15) is 34.2 Å². The molecule has 182 valence electrons. The van der Waals surface area contributed by atoms with Gasteiger partial charge in [-0.1, -0.05) is 26.8 Å². The molecule has 9 heteroatoms. The fraction of sp³-hybridized carbons (Fsp3) is 0.560. The fourth-order valence-electron chi connectivity index (χ4n) is 6.64. The molecular formula is C25H30N2O7. The Morgan fingerprint density at radius 2 is 1.82 bits per heavy atom. The largest absolute Gasteiger partial charge is 0.507 e. The maximum atomic E-state index is 13.9. The molecule has 2 saturated carbocycles. The minimum absolute atomic E-state index is 0.00602. The number of primary amides is 1. The molecule has 1 aromatic carbocycles. The van der Waals surface area contributed by atoms with Crippen LogP contribution in [0.2, 0.25) is 0 Å². The van der Waals surface area contributed by atoms with Crippen LogP contribution >= 0.6 is 0 Å². The third-order valence-corrected chi connectivity index (χ3v) is 8.30. The summed E-state index contributed by atoms with van der Waals surface area (Å²) in [6, 6.07) is 3.13. The van der Waals surface area contributed by atoms with Crippen LogP contribution in [0.25, 0.3) is 0 Å².